The minimum atomic E-state index is 0. The van der Waals surface area contributed by atoms with Crippen molar-refractivity contribution >= 4 is 5.78 Å². The van der Waals surface area contributed by atoms with E-state index in [2.05, 4.69) is 5.32 Å². The molecule has 1 rings (SSSR count). The average molecular weight is 209 g/mol. The van der Waals surface area contributed by atoms with Crippen LogP contribution in [0.2, 0.25) is 0 Å². The molecule has 0 saturated heterocycles. The number of carbonyl (C=O) groups excluding carboxylic acids is 1. The van der Waals surface area contributed by atoms with Crippen molar-refractivity contribution in [3.05, 3.63) is 36.4 Å². The summed E-state index contributed by atoms with van der Waals surface area (Å²) in [4.78, 5) is 10.8. The highest BCUT2D eigenvalue weighted by Crippen LogP contribution is 1.91. The fraction of sp³-hybridized carbons (Fsp3) is 0.462. The van der Waals surface area contributed by atoms with Crippen molar-refractivity contribution in [2.75, 3.05) is 13.1 Å². The number of nitrogens with one attached hydrogen (secondary N) is 1. The Kier molecular flexibility index (Phi) is 8.69. The van der Waals surface area contributed by atoms with Crippen LogP contribution in [0.25, 0.3) is 0 Å². The second-order valence-corrected chi connectivity index (χ2v) is 3.56. The SMILES string of the molecule is CCNCC(=O)C(C)C.[HH].c1ccccc1. The fourth-order valence-electron chi connectivity index (χ4n) is 0.837. The quantitative estimate of drug-likeness (QED) is 0.826. The van der Waals surface area contributed by atoms with E-state index >= 15 is 0 Å². The molecular formula is C13H23NO. The zero-order valence-electron chi connectivity index (χ0n) is 9.86. The van der Waals surface area contributed by atoms with Gasteiger partial charge in [-0.2, -0.15) is 0 Å². The van der Waals surface area contributed by atoms with E-state index in [0.717, 1.165) is 6.54 Å². The van der Waals surface area contributed by atoms with Crippen molar-refractivity contribution < 1.29 is 6.22 Å². The number of carbonyl (C=O) groups is 1. The van der Waals surface area contributed by atoms with Crippen molar-refractivity contribution in [3.8, 4) is 0 Å². The molecule has 2 heteroatoms. The van der Waals surface area contributed by atoms with Gasteiger partial charge in [-0.3, -0.25) is 4.79 Å². The van der Waals surface area contributed by atoms with Crippen LogP contribution >= 0.6 is 0 Å². The summed E-state index contributed by atoms with van der Waals surface area (Å²) >= 11 is 0. The Morgan fingerprint density at radius 2 is 1.53 bits per heavy atom. The van der Waals surface area contributed by atoms with Gasteiger partial charge >= 0.3 is 0 Å². The molecule has 0 bridgehead atoms. The van der Waals surface area contributed by atoms with Gasteiger partial charge in [0.2, 0.25) is 0 Å². The van der Waals surface area contributed by atoms with Gasteiger partial charge in [-0.25, -0.2) is 0 Å². The van der Waals surface area contributed by atoms with Crippen LogP contribution in [0.15, 0.2) is 36.4 Å². The van der Waals surface area contributed by atoms with Gasteiger partial charge < -0.3 is 5.32 Å². The highest BCUT2D eigenvalue weighted by molar-refractivity contribution is 5.82. The van der Waals surface area contributed by atoms with Crippen LogP contribution in [0.4, 0.5) is 0 Å². The molecule has 0 aliphatic rings. The molecule has 1 aromatic carbocycles. The lowest BCUT2D eigenvalue weighted by Gasteiger charge is -2.02. The van der Waals surface area contributed by atoms with Crippen LogP contribution in [-0.4, -0.2) is 18.9 Å². The highest BCUT2D eigenvalue weighted by atomic mass is 16.1. The maximum atomic E-state index is 10.8. The summed E-state index contributed by atoms with van der Waals surface area (Å²) in [5.74, 6) is 0.459. The molecule has 15 heavy (non-hydrogen) atoms. The van der Waals surface area contributed by atoms with E-state index in [1.807, 2.05) is 57.2 Å². The molecule has 0 atom stereocenters. The molecule has 86 valence electrons. The molecule has 0 aromatic heterocycles. The van der Waals surface area contributed by atoms with Crippen LogP contribution in [0.3, 0.4) is 0 Å². The number of likely N-dealkylation sites (N-methyl/N-ethyl adjacent to an activating group) is 1. The Hall–Kier alpha value is -1.15. The lowest BCUT2D eigenvalue weighted by molar-refractivity contribution is -0.121. The molecule has 0 heterocycles. The van der Waals surface area contributed by atoms with E-state index < -0.39 is 0 Å². The monoisotopic (exact) mass is 209 g/mol. The van der Waals surface area contributed by atoms with Gasteiger partial charge in [-0.15, -0.1) is 0 Å². The highest BCUT2D eigenvalue weighted by Gasteiger charge is 2.03. The minimum absolute atomic E-state index is 0. The average Bonchev–Trinajstić information content (AvgIpc) is 2.29. The van der Waals surface area contributed by atoms with Crippen molar-refractivity contribution in [3.63, 3.8) is 0 Å². The molecule has 0 radical (unpaired) electrons. The Bertz CT molecular complexity index is 223. The van der Waals surface area contributed by atoms with Crippen molar-refractivity contribution in [2.45, 2.75) is 20.8 Å². The summed E-state index contributed by atoms with van der Waals surface area (Å²) < 4.78 is 0. The number of Topliss-reactive ketones (excluding diaryl/α,β-unsaturated/α-hetero) is 1. The molecule has 0 saturated carbocycles. The predicted octanol–water partition coefficient (Wildman–Crippen LogP) is 2.75. The molecular weight excluding hydrogens is 186 g/mol. The molecule has 0 aliphatic heterocycles. The van der Waals surface area contributed by atoms with E-state index in [0.29, 0.717) is 6.54 Å². The van der Waals surface area contributed by atoms with Gasteiger partial charge in [-0.1, -0.05) is 57.2 Å². The Balaban J connectivity index is 0. The molecule has 1 N–H and O–H groups in total. The third kappa shape index (κ3) is 9.16. The van der Waals surface area contributed by atoms with Crippen LogP contribution in [0.5, 0.6) is 0 Å². The minimum Gasteiger partial charge on any atom is -0.310 e. The Labute approximate surface area is 94.2 Å². The van der Waals surface area contributed by atoms with Gasteiger partial charge in [-0.05, 0) is 6.54 Å². The number of hydrogen-bond acceptors (Lipinski definition) is 2. The number of benzene rings is 1. The van der Waals surface area contributed by atoms with Crippen LogP contribution in [0.1, 0.15) is 22.2 Å². The third-order valence-corrected chi connectivity index (χ3v) is 1.86. The first-order chi connectivity index (χ1) is 7.18. The summed E-state index contributed by atoms with van der Waals surface area (Å²) in [7, 11) is 0. The van der Waals surface area contributed by atoms with Gasteiger partial charge in [0.1, 0.15) is 5.78 Å². The van der Waals surface area contributed by atoms with Gasteiger partial charge in [0.05, 0.1) is 6.54 Å². The molecule has 0 amide bonds. The molecule has 0 aliphatic carbocycles. The number of hydrogen-bond donors (Lipinski definition) is 1. The number of ketones is 1. The topological polar surface area (TPSA) is 29.1 Å². The lowest BCUT2D eigenvalue weighted by atomic mass is 10.1. The second kappa shape index (κ2) is 9.41. The predicted molar refractivity (Wildman–Crippen MR) is 66.9 cm³/mol. The van der Waals surface area contributed by atoms with E-state index in [-0.39, 0.29) is 13.1 Å². The van der Waals surface area contributed by atoms with E-state index in [1.165, 1.54) is 0 Å². The first-order valence-corrected chi connectivity index (χ1v) is 5.42. The molecule has 0 spiro atoms. The molecule has 1 aromatic rings. The van der Waals surface area contributed by atoms with E-state index in [9.17, 15) is 4.79 Å². The smallest absolute Gasteiger partial charge is 0.149 e. The summed E-state index contributed by atoms with van der Waals surface area (Å²) in [5.41, 5.74) is 0. The summed E-state index contributed by atoms with van der Waals surface area (Å²) in [6.07, 6.45) is 0. The van der Waals surface area contributed by atoms with Crippen molar-refractivity contribution in [1.29, 1.82) is 0 Å². The first kappa shape index (κ1) is 13.8. The largest absolute Gasteiger partial charge is 0.310 e. The van der Waals surface area contributed by atoms with Crippen LogP contribution < -0.4 is 5.32 Å². The van der Waals surface area contributed by atoms with E-state index in [4.69, 9.17) is 0 Å². The third-order valence-electron chi connectivity index (χ3n) is 1.86. The lowest BCUT2D eigenvalue weighted by Crippen LogP contribution is -2.25. The Morgan fingerprint density at radius 3 is 1.80 bits per heavy atom. The van der Waals surface area contributed by atoms with Crippen LogP contribution in [-0.2, 0) is 4.79 Å². The normalized spacial score (nSPS) is 9.33. The number of rotatable bonds is 4. The standard InChI is InChI=1S/C7H15NO.C6H6.H2/c1-4-8-5-7(9)6(2)3;1-2-4-6-5-3-1;/h6,8H,4-5H2,1-3H3;1-6H;1H. The van der Waals surface area contributed by atoms with Gasteiger partial charge in [0.25, 0.3) is 0 Å². The summed E-state index contributed by atoms with van der Waals surface area (Å²) in [6, 6.07) is 12.0. The van der Waals surface area contributed by atoms with E-state index in [1.54, 1.807) is 0 Å². The maximum absolute atomic E-state index is 10.8. The Morgan fingerprint density at radius 1 is 1.13 bits per heavy atom. The van der Waals surface area contributed by atoms with Crippen molar-refractivity contribution in [2.24, 2.45) is 5.92 Å². The van der Waals surface area contributed by atoms with Crippen LogP contribution in [0, 0.1) is 5.92 Å². The second-order valence-electron chi connectivity index (χ2n) is 3.56. The van der Waals surface area contributed by atoms with Gasteiger partial charge in [0.15, 0.2) is 0 Å². The maximum Gasteiger partial charge on any atom is 0.149 e. The zero-order valence-corrected chi connectivity index (χ0v) is 9.86. The summed E-state index contributed by atoms with van der Waals surface area (Å²) in [5, 5.41) is 2.98. The first-order valence-electron chi connectivity index (χ1n) is 5.42. The summed E-state index contributed by atoms with van der Waals surface area (Å²) in [6.45, 7) is 7.22. The fourth-order valence-corrected chi connectivity index (χ4v) is 0.837. The van der Waals surface area contributed by atoms with Crippen molar-refractivity contribution in [1.82, 2.24) is 5.32 Å². The molecule has 2 nitrogen and oxygen atoms in total. The molecule has 0 unspecified atom stereocenters. The zero-order chi connectivity index (χ0) is 11.5. The van der Waals surface area contributed by atoms with Gasteiger partial charge in [0, 0.05) is 7.34 Å². The molecule has 0 fully saturated rings.